The summed E-state index contributed by atoms with van der Waals surface area (Å²) in [6.45, 7) is 4.03. The number of ketones is 1. The standard InChI is InChI=1S/C24H22N2O4/c1-12-7-8-17-16(9-12)13(2)10-18-19-20(24(29)25-23(19)28)21(26(17)18)22(27)14-5-4-6-15(11-14)30-3/h4-11,18-21H,1-3H3,(H,25,28,29)/t18-,19-,20-,21+/m1/s1. The molecule has 0 unspecified atom stereocenters. The Morgan fingerprint density at radius 3 is 2.57 bits per heavy atom. The van der Waals surface area contributed by atoms with Crippen LogP contribution in [0.4, 0.5) is 5.69 Å². The fourth-order valence-electron chi connectivity index (χ4n) is 5.12. The first-order valence-electron chi connectivity index (χ1n) is 10.0. The topological polar surface area (TPSA) is 75.7 Å². The van der Waals surface area contributed by atoms with Crippen LogP contribution in [0.15, 0.2) is 48.5 Å². The summed E-state index contributed by atoms with van der Waals surface area (Å²) < 4.78 is 5.27. The summed E-state index contributed by atoms with van der Waals surface area (Å²) in [5.41, 5.74) is 4.55. The molecule has 3 aliphatic heterocycles. The highest BCUT2D eigenvalue weighted by Crippen LogP contribution is 2.48. The second kappa shape index (κ2) is 6.55. The first kappa shape index (κ1) is 18.6. The Hall–Kier alpha value is -3.41. The van der Waals surface area contributed by atoms with Crippen molar-refractivity contribution in [3.63, 3.8) is 0 Å². The number of hydrogen-bond acceptors (Lipinski definition) is 5. The summed E-state index contributed by atoms with van der Waals surface area (Å²) in [6.07, 6.45) is 2.02. The quantitative estimate of drug-likeness (QED) is 0.631. The summed E-state index contributed by atoms with van der Waals surface area (Å²) >= 11 is 0. The van der Waals surface area contributed by atoms with Gasteiger partial charge in [0.2, 0.25) is 11.8 Å². The fourth-order valence-corrected chi connectivity index (χ4v) is 5.12. The zero-order valence-corrected chi connectivity index (χ0v) is 17.0. The molecule has 152 valence electrons. The molecular formula is C24H22N2O4. The molecule has 6 heteroatoms. The molecule has 2 amide bonds. The molecule has 0 saturated carbocycles. The van der Waals surface area contributed by atoms with Crippen LogP contribution in [0.5, 0.6) is 5.75 Å². The number of nitrogens with zero attached hydrogens (tertiary/aromatic N) is 1. The minimum Gasteiger partial charge on any atom is -0.497 e. The summed E-state index contributed by atoms with van der Waals surface area (Å²) in [6, 6.07) is 11.9. The molecule has 0 bridgehead atoms. The Bertz CT molecular complexity index is 1140. The van der Waals surface area contributed by atoms with Crippen molar-refractivity contribution in [2.75, 3.05) is 12.0 Å². The number of anilines is 1. The van der Waals surface area contributed by atoms with Gasteiger partial charge in [-0.3, -0.25) is 19.7 Å². The monoisotopic (exact) mass is 402 g/mol. The van der Waals surface area contributed by atoms with E-state index in [2.05, 4.69) is 11.4 Å². The van der Waals surface area contributed by atoms with Crippen LogP contribution in [0.3, 0.4) is 0 Å². The highest BCUT2D eigenvalue weighted by atomic mass is 16.5. The van der Waals surface area contributed by atoms with Gasteiger partial charge >= 0.3 is 0 Å². The van der Waals surface area contributed by atoms with Gasteiger partial charge in [-0.2, -0.15) is 0 Å². The predicted molar refractivity (Wildman–Crippen MR) is 112 cm³/mol. The van der Waals surface area contributed by atoms with E-state index >= 15 is 0 Å². The summed E-state index contributed by atoms with van der Waals surface area (Å²) in [7, 11) is 1.55. The number of allylic oxidation sites excluding steroid dienone is 1. The van der Waals surface area contributed by atoms with Crippen molar-refractivity contribution in [1.82, 2.24) is 5.32 Å². The number of nitrogens with one attached hydrogen (secondary N) is 1. The smallest absolute Gasteiger partial charge is 0.233 e. The highest BCUT2D eigenvalue weighted by Gasteiger charge is 2.61. The normalized spacial score (nSPS) is 26.5. The van der Waals surface area contributed by atoms with Gasteiger partial charge in [0, 0.05) is 16.8 Å². The molecule has 3 heterocycles. The third kappa shape index (κ3) is 2.53. The van der Waals surface area contributed by atoms with Crippen LogP contribution < -0.4 is 15.0 Å². The summed E-state index contributed by atoms with van der Waals surface area (Å²) in [5.74, 6) is -1.60. The number of amides is 2. The lowest BCUT2D eigenvalue weighted by molar-refractivity contribution is -0.126. The number of benzene rings is 2. The number of aryl methyl sites for hydroxylation is 1. The molecule has 0 aromatic heterocycles. The SMILES string of the molecule is COc1cccc(C(=O)[C@@H]2[C@@H]3C(=O)NC(=O)[C@@H]3[C@H]3C=C(C)c4cc(C)ccc4N32)c1. The largest absolute Gasteiger partial charge is 0.497 e. The van der Waals surface area contributed by atoms with E-state index in [-0.39, 0.29) is 23.6 Å². The average Bonchev–Trinajstić information content (AvgIpc) is 3.23. The molecule has 2 fully saturated rings. The summed E-state index contributed by atoms with van der Waals surface area (Å²) in [5, 5.41) is 2.45. The van der Waals surface area contributed by atoms with E-state index in [9.17, 15) is 14.4 Å². The molecule has 6 nitrogen and oxygen atoms in total. The van der Waals surface area contributed by atoms with Gasteiger partial charge in [0.05, 0.1) is 25.0 Å². The predicted octanol–water partition coefficient (Wildman–Crippen LogP) is 2.75. The number of imide groups is 1. The van der Waals surface area contributed by atoms with Crippen molar-refractivity contribution in [1.29, 1.82) is 0 Å². The van der Waals surface area contributed by atoms with E-state index in [1.807, 2.05) is 37.0 Å². The Kier molecular flexibility index (Phi) is 4.07. The number of hydrogen-bond donors (Lipinski definition) is 1. The molecule has 1 N–H and O–H groups in total. The molecule has 3 aliphatic rings. The zero-order chi connectivity index (χ0) is 21.2. The number of carbonyl (C=O) groups is 3. The number of methoxy groups -OCH3 is 1. The molecule has 0 aliphatic carbocycles. The lowest BCUT2D eigenvalue weighted by Gasteiger charge is -2.37. The third-order valence-electron chi connectivity index (χ3n) is 6.47. The van der Waals surface area contributed by atoms with Crippen LogP contribution in [0.25, 0.3) is 5.57 Å². The van der Waals surface area contributed by atoms with E-state index in [1.54, 1.807) is 31.4 Å². The maximum atomic E-state index is 13.7. The molecule has 5 rings (SSSR count). The number of fused-ring (bicyclic) bond motifs is 5. The van der Waals surface area contributed by atoms with Crippen molar-refractivity contribution in [3.05, 3.63) is 65.2 Å². The Morgan fingerprint density at radius 1 is 1.03 bits per heavy atom. The van der Waals surface area contributed by atoms with E-state index < -0.39 is 17.9 Å². The molecule has 2 aromatic carbocycles. The minimum atomic E-state index is -0.760. The summed E-state index contributed by atoms with van der Waals surface area (Å²) in [4.78, 5) is 41.1. The Balaban J connectivity index is 1.68. The van der Waals surface area contributed by atoms with Crippen molar-refractivity contribution in [3.8, 4) is 5.75 Å². The molecule has 4 atom stereocenters. The maximum Gasteiger partial charge on any atom is 0.233 e. The van der Waals surface area contributed by atoms with Gasteiger partial charge in [-0.05, 0) is 43.7 Å². The van der Waals surface area contributed by atoms with Gasteiger partial charge in [0.1, 0.15) is 11.8 Å². The van der Waals surface area contributed by atoms with Crippen molar-refractivity contribution in [2.24, 2.45) is 11.8 Å². The van der Waals surface area contributed by atoms with E-state index in [0.29, 0.717) is 11.3 Å². The van der Waals surface area contributed by atoms with E-state index in [1.165, 1.54) is 0 Å². The van der Waals surface area contributed by atoms with Gasteiger partial charge in [-0.1, -0.05) is 29.8 Å². The van der Waals surface area contributed by atoms with Crippen molar-refractivity contribution in [2.45, 2.75) is 25.9 Å². The third-order valence-corrected chi connectivity index (χ3v) is 6.47. The van der Waals surface area contributed by atoms with Crippen LogP contribution in [0, 0.1) is 18.8 Å². The second-order valence-corrected chi connectivity index (χ2v) is 8.21. The number of ether oxygens (including phenoxy) is 1. The molecule has 0 radical (unpaired) electrons. The maximum absolute atomic E-state index is 13.7. The number of Topliss-reactive ketones (excluding diaryl/α,β-unsaturated/α-hetero) is 1. The first-order valence-corrected chi connectivity index (χ1v) is 10.0. The van der Waals surface area contributed by atoms with Gasteiger partial charge in [-0.25, -0.2) is 0 Å². The van der Waals surface area contributed by atoms with Crippen molar-refractivity contribution < 1.29 is 19.1 Å². The van der Waals surface area contributed by atoms with Crippen LogP contribution in [-0.4, -0.2) is 36.8 Å². The molecule has 2 saturated heterocycles. The van der Waals surface area contributed by atoms with E-state index in [4.69, 9.17) is 4.74 Å². The van der Waals surface area contributed by atoms with E-state index in [0.717, 1.165) is 22.4 Å². The van der Waals surface area contributed by atoms with Gasteiger partial charge in [0.25, 0.3) is 0 Å². The lowest BCUT2D eigenvalue weighted by atomic mass is 9.85. The van der Waals surface area contributed by atoms with Crippen LogP contribution in [0.1, 0.15) is 28.4 Å². The zero-order valence-electron chi connectivity index (χ0n) is 17.0. The highest BCUT2D eigenvalue weighted by molar-refractivity contribution is 6.14. The molecular weight excluding hydrogens is 380 g/mol. The van der Waals surface area contributed by atoms with Crippen LogP contribution in [0.2, 0.25) is 0 Å². The molecule has 0 spiro atoms. The second-order valence-electron chi connectivity index (χ2n) is 8.21. The van der Waals surface area contributed by atoms with Gasteiger partial charge < -0.3 is 9.64 Å². The number of carbonyl (C=O) groups excluding carboxylic acids is 3. The van der Waals surface area contributed by atoms with Gasteiger partial charge in [0.15, 0.2) is 5.78 Å². The number of rotatable bonds is 3. The Morgan fingerprint density at radius 2 is 1.80 bits per heavy atom. The lowest BCUT2D eigenvalue weighted by Crippen LogP contribution is -2.48. The minimum absolute atomic E-state index is 0.185. The average molecular weight is 402 g/mol. The molecule has 30 heavy (non-hydrogen) atoms. The van der Waals surface area contributed by atoms with Crippen LogP contribution in [-0.2, 0) is 9.59 Å². The van der Waals surface area contributed by atoms with Gasteiger partial charge in [-0.15, -0.1) is 0 Å². The Labute approximate surface area is 174 Å². The fraction of sp³-hybridized carbons (Fsp3) is 0.292. The molecule has 2 aromatic rings. The first-order chi connectivity index (χ1) is 14.4. The van der Waals surface area contributed by atoms with Crippen molar-refractivity contribution >= 4 is 28.9 Å². The van der Waals surface area contributed by atoms with Crippen LogP contribution >= 0.6 is 0 Å².